The third kappa shape index (κ3) is 4.49. The molecule has 0 spiro atoms. The SMILES string of the molecule is O=C(CCC1CCNC1)NC1CCC(C(=O)O)CC1. The Hall–Kier alpha value is -1.10. The smallest absolute Gasteiger partial charge is 0.306 e. The molecule has 2 fully saturated rings. The van der Waals surface area contributed by atoms with Gasteiger partial charge in [0, 0.05) is 12.5 Å². The molecule has 0 aromatic heterocycles. The summed E-state index contributed by atoms with van der Waals surface area (Å²) >= 11 is 0. The lowest BCUT2D eigenvalue weighted by Gasteiger charge is -2.27. The van der Waals surface area contributed by atoms with E-state index >= 15 is 0 Å². The van der Waals surface area contributed by atoms with Gasteiger partial charge >= 0.3 is 5.97 Å². The van der Waals surface area contributed by atoms with E-state index in [2.05, 4.69) is 10.6 Å². The molecule has 19 heavy (non-hydrogen) atoms. The van der Waals surface area contributed by atoms with Crippen molar-refractivity contribution in [1.29, 1.82) is 0 Å². The van der Waals surface area contributed by atoms with Crippen molar-refractivity contribution in [1.82, 2.24) is 10.6 Å². The average Bonchev–Trinajstić information content (AvgIpc) is 2.90. The lowest BCUT2D eigenvalue weighted by atomic mass is 9.86. The van der Waals surface area contributed by atoms with Gasteiger partial charge in [0.2, 0.25) is 5.91 Å². The number of carbonyl (C=O) groups is 2. The first-order chi connectivity index (χ1) is 9.15. The number of aliphatic carboxylic acids is 1. The Morgan fingerprint density at radius 2 is 1.89 bits per heavy atom. The van der Waals surface area contributed by atoms with E-state index in [9.17, 15) is 9.59 Å². The molecule has 0 aromatic rings. The molecule has 1 atom stereocenters. The van der Waals surface area contributed by atoms with Gasteiger partial charge in [-0.25, -0.2) is 0 Å². The summed E-state index contributed by atoms with van der Waals surface area (Å²) in [5.74, 6) is -0.129. The van der Waals surface area contributed by atoms with Crippen LogP contribution in [-0.2, 0) is 9.59 Å². The first kappa shape index (κ1) is 14.3. The van der Waals surface area contributed by atoms with Crippen molar-refractivity contribution < 1.29 is 14.7 Å². The second kappa shape index (κ2) is 6.89. The van der Waals surface area contributed by atoms with E-state index in [0.717, 1.165) is 32.4 Å². The topological polar surface area (TPSA) is 78.4 Å². The maximum Gasteiger partial charge on any atom is 0.306 e. The Balaban J connectivity index is 1.61. The van der Waals surface area contributed by atoms with E-state index in [0.29, 0.717) is 25.2 Å². The van der Waals surface area contributed by atoms with E-state index in [1.165, 1.54) is 6.42 Å². The van der Waals surface area contributed by atoms with Gasteiger partial charge in [-0.3, -0.25) is 9.59 Å². The van der Waals surface area contributed by atoms with Gasteiger partial charge in [0.15, 0.2) is 0 Å². The summed E-state index contributed by atoms with van der Waals surface area (Å²) in [7, 11) is 0. The second-order valence-electron chi connectivity index (χ2n) is 5.85. The second-order valence-corrected chi connectivity index (χ2v) is 5.85. The Labute approximate surface area is 114 Å². The van der Waals surface area contributed by atoms with Gasteiger partial charge in [0.25, 0.3) is 0 Å². The Kier molecular flexibility index (Phi) is 5.19. The average molecular weight is 268 g/mol. The van der Waals surface area contributed by atoms with Crippen LogP contribution in [0.4, 0.5) is 0 Å². The molecule has 2 rings (SSSR count). The molecule has 1 unspecified atom stereocenters. The molecule has 0 radical (unpaired) electrons. The molecule has 0 bridgehead atoms. The van der Waals surface area contributed by atoms with E-state index in [1.807, 2.05) is 0 Å². The first-order valence-corrected chi connectivity index (χ1v) is 7.38. The number of hydrogen-bond donors (Lipinski definition) is 3. The normalized spacial score (nSPS) is 31.1. The highest BCUT2D eigenvalue weighted by atomic mass is 16.4. The van der Waals surface area contributed by atoms with E-state index in [-0.39, 0.29) is 17.9 Å². The molecule has 0 aromatic carbocycles. The number of nitrogens with one attached hydrogen (secondary N) is 2. The molecule has 108 valence electrons. The summed E-state index contributed by atoms with van der Waals surface area (Å²) in [4.78, 5) is 22.7. The predicted octanol–water partition coefficient (Wildman–Crippen LogP) is 1.14. The van der Waals surface area contributed by atoms with Crippen molar-refractivity contribution in [2.75, 3.05) is 13.1 Å². The highest BCUT2D eigenvalue weighted by molar-refractivity contribution is 5.76. The number of carboxylic acids is 1. The van der Waals surface area contributed by atoms with Gasteiger partial charge in [-0.1, -0.05) is 0 Å². The number of amides is 1. The zero-order chi connectivity index (χ0) is 13.7. The number of hydrogen-bond acceptors (Lipinski definition) is 3. The van der Waals surface area contributed by atoms with Crippen LogP contribution in [0.15, 0.2) is 0 Å². The molecule has 1 aliphatic carbocycles. The highest BCUT2D eigenvalue weighted by Crippen LogP contribution is 2.24. The Bertz CT molecular complexity index is 319. The van der Waals surface area contributed by atoms with Crippen molar-refractivity contribution in [2.45, 2.75) is 51.0 Å². The lowest BCUT2D eigenvalue weighted by Crippen LogP contribution is -2.38. The quantitative estimate of drug-likeness (QED) is 0.698. The Morgan fingerprint density at radius 3 is 2.47 bits per heavy atom. The molecule has 1 saturated carbocycles. The van der Waals surface area contributed by atoms with Crippen LogP contribution in [0, 0.1) is 11.8 Å². The molecule has 1 amide bonds. The first-order valence-electron chi connectivity index (χ1n) is 7.38. The summed E-state index contributed by atoms with van der Waals surface area (Å²) < 4.78 is 0. The summed E-state index contributed by atoms with van der Waals surface area (Å²) in [6.07, 6.45) is 5.71. The maximum absolute atomic E-state index is 11.8. The van der Waals surface area contributed by atoms with E-state index in [1.54, 1.807) is 0 Å². The fourth-order valence-corrected chi connectivity index (χ4v) is 3.08. The zero-order valence-electron chi connectivity index (χ0n) is 11.4. The van der Waals surface area contributed by atoms with Gasteiger partial charge < -0.3 is 15.7 Å². The van der Waals surface area contributed by atoms with Crippen LogP contribution in [0.3, 0.4) is 0 Å². The fraction of sp³-hybridized carbons (Fsp3) is 0.857. The van der Waals surface area contributed by atoms with Crippen molar-refractivity contribution in [3.63, 3.8) is 0 Å². The monoisotopic (exact) mass is 268 g/mol. The van der Waals surface area contributed by atoms with Crippen LogP contribution in [-0.4, -0.2) is 36.1 Å². The minimum absolute atomic E-state index is 0.130. The molecule has 2 aliphatic rings. The lowest BCUT2D eigenvalue weighted by molar-refractivity contribution is -0.142. The van der Waals surface area contributed by atoms with Gasteiger partial charge in [-0.15, -0.1) is 0 Å². The van der Waals surface area contributed by atoms with Crippen molar-refractivity contribution in [2.24, 2.45) is 11.8 Å². The highest BCUT2D eigenvalue weighted by Gasteiger charge is 2.26. The minimum Gasteiger partial charge on any atom is -0.481 e. The fourth-order valence-electron chi connectivity index (χ4n) is 3.08. The molecule has 1 saturated heterocycles. The molecule has 5 nitrogen and oxygen atoms in total. The van der Waals surface area contributed by atoms with Crippen LogP contribution in [0.25, 0.3) is 0 Å². The summed E-state index contributed by atoms with van der Waals surface area (Å²) in [5, 5.41) is 15.3. The van der Waals surface area contributed by atoms with Crippen LogP contribution in [0.1, 0.15) is 44.9 Å². The van der Waals surface area contributed by atoms with Crippen LogP contribution >= 0.6 is 0 Å². The van der Waals surface area contributed by atoms with E-state index in [4.69, 9.17) is 5.11 Å². The predicted molar refractivity (Wildman–Crippen MR) is 71.7 cm³/mol. The van der Waals surface area contributed by atoms with Crippen molar-refractivity contribution >= 4 is 11.9 Å². The number of carbonyl (C=O) groups excluding carboxylic acids is 1. The molecule has 3 N–H and O–H groups in total. The van der Waals surface area contributed by atoms with Crippen molar-refractivity contribution in [3.05, 3.63) is 0 Å². The standard InChI is InChI=1S/C14H24N2O3/c17-13(6-1-10-7-8-15-9-10)16-12-4-2-11(3-5-12)14(18)19/h10-12,15H,1-9H2,(H,16,17)(H,18,19). The third-order valence-electron chi connectivity index (χ3n) is 4.38. The summed E-state index contributed by atoms with van der Waals surface area (Å²) in [5.41, 5.74) is 0. The molecular formula is C14H24N2O3. The number of rotatable bonds is 5. The maximum atomic E-state index is 11.8. The summed E-state index contributed by atoms with van der Waals surface area (Å²) in [6.45, 7) is 2.11. The van der Waals surface area contributed by atoms with E-state index < -0.39 is 5.97 Å². The molecule has 1 aliphatic heterocycles. The zero-order valence-corrected chi connectivity index (χ0v) is 11.4. The summed E-state index contributed by atoms with van der Waals surface area (Å²) in [6, 6.07) is 0.185. The minimum atomic E-state index is -0.696. The molecule has 5 heteroatoms. The largest absolute Gasteiger partial charge is 0.481 e. The van der Waals surface area contributed by atoms with Crippen LogP contribution < -0.4 is 10.6 Å². The van der Waals surface area contributed by atoms with Gasteiger partial charge in [-0.05, 0) is 57.5 Å². The van der Waals surface area contributed by atoms with Crippen LogP contribution in [0.2, 0.25) is 0 Å². The van der Waals surface area contributed by atoms with Gasteiger partial charge in [0.05, 0.1) is 5.92 Å². The third-order valence-corrected chi connectivity index (χ3v) is 4.38. The number of carboxylic acid groups (broad SMARTS) is 1. The Morgan fingerprint density at radius 1 is 1.16 bits per heavy atom. The van der Waals surface area contributed by atoms with Gasteiger partial charge in [-0.2, -0.15) is 0 Å². The molecular weight excluding hydrogens is 244 g/mol. The van der Waals surface area contributed by atoms with Crippen molar-refractivity contribution in [3.8, 4) is 0 Å². The van der Waals surface area contributed by atoms with Crippen LogP contribution in [0.5, 0.6) is 0 Å². The molecule has 1 heterocycles. The van der Waals surface area contributed by atoms with Gasteiger partial charge in [0.1, 0.15) is 0 Å².